The molecule has 0 spiro atoms. The standard InChI is InChI=1S/C22H16N/c1-3-9-17(10-4-1)21-16-15-18-11-7-8-14-20(18)22(21)23-19-12-5-2-6-13-19/h1-12,14-16,23H. The zero-order valence-electron chi connectivity index (χ0n) is 12.7. The Kier molecular flexibility index (Phi) is 3.53. The van der Waals surface area contributed by atoms with Gasteiger partial charge in [-0.15, -0.1) is 0 Å². The lowest BCUT2D eigenvalue weighted by molar-refractivity contribution is 1.55. The maximum absolute atomic E-state index is 3.56. The first kappa shape index (κ1) is 13.6. The molecule has 4 aromatic rings. The second-order valence-electron chi connectivity index (χ2n) is 5.48. The van der Waals surface area contributed by atoms with Crippen LogP contribution in [0.5, 0.6) is 0 Å². The van der Waals surface area contributed by atoms with Crippen LogP contribution in [-0.4, -0.2) is 0 Å². The molecule has 23 heavy (non-hydrogen) atoms. The number of anilines is 2. The van der Waals surface area contributed by atoms with Crippen LogP contribution in [0.15, 0.2) is 91.0 Å². The maximum Gasteiger partial charge on any atom is 0.0543 e. The third-order valence-electron chi connectivity index (χ3n) is 3.98. The summed E-state index contributed by atoms with van der Waals surface area (Å²) in [7, 11) is 0. The van der Waals surface area contributed by atoms with Crippen molar-refractivity contribution >= 4 is 22.1 Å². The minimum absolute atomic E-state index is 0.973. The summed E-state index contributed by atoms with van der Waals surface area (Å²) in [6.07, 6.45) is 0. The molecule has 0 saturated heterocycles. The first-order valence-corrected chi connectivity index (χ1v) is 7.73. The van der Waals surface area contributed by atoms with Crippen LogP contribution in [0, 0.1) is 6.07 Å². The van der Waals surface area contributed by atoms with Gasteiger partial charge in [-0.1, -0.05) is 84.9 Å². The Hall–Kier alpha value is -3.06. The van der Waals surface area contributed by atoms with Crippen LogP contribution in [0.4, 0.5) is 11.4 Å². The number of rotatable bonds is 3. The molecule has 0 heterocycles. The molecular formula is C22H16N. The van der Waals surface area contributed by atoms with Gasteiger partial charge in [0, 0.05) is 22.7 Å². The highest BCUT2D eigenvalue weighted by atomic mass is 14.9. The molecular weight excluding hydrogens is 278 g/mol. The lowest BCUT2D eigenvalue weighted by Gasteiger charge is -2.15. The van der Waals surface area contributed by atoms with Gasteiger partial charge in [0.2, 0.25) is 0 Å². The summed E-state index contributed by atoms with van der Waals surface area (Å²) in [5.41, 5.74) is 4.50. The molecule has 0 fully saturated rings. The molecule has 4 aromatic carbocycles. The monoisotopic (exact) mass is 294 g/mol. The molecule has 0 amide bonds. The average Bonchev–Trinajstić information content (AvgIpc) is 2.64. The molecule has 1 radical (unpaired) electrons. The summed E-state index contributed by atoms with van der Waals surface area (Å²) in [4.78, 5) is 0. The van der Waals surface area contributed by atoms with Gasteiger partial charge in [-0.25, -0.2) is 0 Å². The topological polar surface area (TPSA) is 12.0 Å². The van der Waals surface area contributed by atoms with E-state index in [-0.39, 0.29) is 0 Å². The fourth-order valence-corrected chi connectivity index (χ4v) is 2.87. The van der Waals surface area contributed by atoms with Crippen molar-refractivity contribution in [3.63, 3.8) is 0 Å². The highest BCUT2D eigenvalue weighted by Crippen LogP contribution is 2.36. The normalized spacial score (nSPS) is 10.6. The summed E-state index contributed by atoms with van der Waals surface area (Å²) >= 11 is 0. The predicted molar refractivity (Wildman–Crippen MR) is 97.9 cm³/mol. The fourth-order valence-electron chi connectivity index (χ4n) is 2.87. The molecule has 0 aliphatic rings. The quantitative estimate of drug-likeness (QED) is 0.485. The van der Waals surface area contributed by atoms with Gasteiger partial charge in [-0.3, -0.25) is 0 Å². The van der Waals surface area contributed by atoms with Crippen molar-refractivity contribution in [3.8, 4) is 11.1 Å². The zero-order chi connectivity index (χ0) is 15.5. The second kappa shape index (κ2) is 5.98. The zero-order valence-corrected chi connectivity index (χ0v) is 12.7. The van der Waals surface area contributed by atoms with E-state index in [1.807, 2.05) is 30.3 Å². The summed E-state index contributed by atoms with van der Waals surface area (Å²) in [5, 5.41) is 6.00. The molecule has 4 rings (SSSR count). The smallest absolute Gasteiger partial charge is 0.0543 e. The number of nitrogens with one attached hydrogen (secondary N) is 1. The van der Waals surface area contributed by atoms with Crippen molar-refractivity contribution in [2.24, 2.45) is 0 Å². The van der Waals surface area contributed by atoms with Crippen LogP contribution in [0.25, 0.3) is 21.9 Å². The molecule has 0 bridgehead atoms. The average molecular weight is 294 g/mol. The molecule has 0 aliphatic heterocycles. The Balaban J connectivity index is 1.94. The Morgan fingerprint density at radius 3 is 2.26 bits per heavy atom. The number of benzene rings is 4. The van der Waals surface area contributed by atoms with Crippen LogP contribution in [0.2, 0.25) is 0 Å². The van der Waals surface area contributed by atoms with E-state index < -0.39 is 0 Å². The second-order valence-corrected chi connectivity index (χ2v) is 5.48. The molecule has 109 valence electrons. The first-order chi connectivity index (χ1) is 11.4. The molecule has 0 unspecified atom stereocenters. The number of hydrogen-bond acceptors (Lipinski definition) is 1. The van der Waals surface area contributed by atoms with E-state index in [4.69, 9.17) is 0 Å². The van der Waals surface area contributed by atoms with E-state index >= 15 is 0 Å². The summed E-state index contributed by atoms with van der Waals surface area (Å²) in [6.45, 7) is 0. The molecule has 0 atom stereocenters. The van der Waals surface area contributed by atoms with Gasteiger partial charge >= 0.3 is 0 Å². The fraction of sp³-hybridized carbons (Fsp3) is 0. The molecule has 0 saturated carbocycles. The molecule has 1 N–H and O–H groups in total. The Bertz CT molecular complexity index is 928. The number of hydrogen-bond donors (Lipinski definition) is 1. The van der Waals surface area contributed by atoms with Gasteiger partial charge < -0.3 is 5.32 Å². The van der Waals surface area contributed by atoms with E-state index in [2.05, 4.69) is 72.0 Å². The lowest BCUT2D eigenvalue weighted by Crippen LogP contribution is -1.95. The van der Waals surface area contributed by atoms with E-state index in [9.17, 15) is 0 Å². The van der Waals surface area contributed by atoms with Gasteiger partial charge in [0.05, 0.1) is 5.69 Å². The summed E-state index contributed by atoms with van der Waals surface area (Å²) < 4.78 is 0. The molecule has 0 aromatic heterocycles. The predicted octanol–water partition coefficient (Wildman–Crippen LogP) is 6.05. The molecule has 1 heteroatoms. The van der Waals surface area contributed by atoms with Crippen molar-refractivity contribution in [2.45, 2.75) is 0 Å². The Labute approximate surface area is 136 Å². The van der Waals surface area contributed by atoms with Crippen molar-refractivity contribution in [1.29, 1.82) is 0 Å². The van der Waals surface area contributed by atoms with E-state index in [0.717, 1.165) is 11.4 Å². The van der Waals surface area contributed by atoms with Crippen LogP contribution >= 0.6 is 0 Å². The van der Waals surface area contributed by atoms with E-state index in [1.54, 1.807) is 0 Å². The highest BCUT2D eigenvalue weighted by Gasteiger charge is 2.09. The SMILES string of the molecule is [c]1ccccc1Nc1c(-c2ccccc2)ccc2ccccc12. The van der Waals surface area contributed by atoms with Gasteiger partial charge in [0.1, 0.15) is 0 Å². The third-order valence-corrected chi connectivity index (χ3v) is 3.98. The molecule has 0 aliphatic carbocycles. The lowest BCUT2D eigenvalue weighted by atomic mass is 9.98. The largest absolute Gasteiger partial charge is 0.354 e. The minimum Gasteiger partial charge on any atom is -0.354 e. The van der Waals surface area contributed by atoms with Crippen molar-refractivity contribution in [1.82, 2.24) is 0 Å². The summed E-state index contributed by atoms with van der Waals surface area (Å²) in [5.74, 6) is 0. The van der Waals surface area contributed by atoms with Gasteiger partial charge in [0.25, 0.3) is 0 Å². The Morgan fingerprint density at radius 2 is 1.43 bits per heavy atom. The van der Waals surface area contributed by atoms with Gasteiger partial charge in [-0.2, -0.15) is 0 Å². The van der Waals surface area contributed by atoms with Gasteiger partial charge in [-0.05, 0) is 17.0 Å². The van der Waals surface area contributed by atoms with Crippen molar-refractivity contribution < 1.29 is 0 Å². The minimum atomic E-state index is 0.973. The highest BCUT2D eigenvalue weighted by molar-refractivity contribution is 6.03. The van der Waals surface area contributed by atoms with Crippen molar-refractivity contribution in [2.75, 3.05) is 5.32 Å². The van der Waals surface area contributed by atoms with Crippen LogP contribution in [0.1, 0.15) is 0 Å². The van der Waals surface area contributed by atoms with Crippen molar-refractivity contribution in [3.05, 3.63) is 97.1 Å². The van der Waals surface area contributed by atoms with Crippen LogP contribution in [-0.2, 0) is 0 Å². The van der Waals surface area contributed by atoms with E-state index in [1.165, 1.54) is 21.9 Å². The third kappa shape index (κ3) is 2.69. The first-order valence-electron chi connectivity index (χ1n) is 7.73. The Morgan fingerprint density at radius 1 is 0.652 bits per heavy atom. The van der Waals surface area contributed by atoms with Gasteiger partial charge in [0.15, 0.2) is 0 Å². The number of para-hydroxylation sites is 1. The number of fused-ring (bicyclic) bond motifs is 1. The van der Waals surface area contributed by atoms with Crippen LogP contribution in [0.3, 0.4) is 0 Å². The summed E-state index contributed by atoms with van der Waals surface area (Å²) in [6, 6.07) is 34.5. The maximum atomic E-state index is 3.56. The van der Waals surface area contributed by atoms with E-state index in [0.29, 0.717) is 0 Å². The van der Waals surface area contributed by atoms with Crippen LogP contribution < -0.4 is 5.32 Å². The molecule has 1 nitrogen and oxygen atoms in total.